The molecule has 0 heterocycles. The van der Waals surface area contributed by atoms with Crippen molar-refractivity contribution in [1.82, 2.24) is 0 Å². The highest BCUT2D eigenvalue weighted by atomic mass is 35.5. The number of phenols is 1. The number of ether oxygens (including phenoxy) is 1. The van der Waals surface area contributed by atoms with Gasteiger partial charge in [-0.25, -0.2) is 0 Å². The van der Waals surface area contributed by atoms with Crippen molar-refractivity contribution < 1.29 is 14.6 Å². The second kappa shape index (κ2) is 9.17. The maximum absolute atomic E-state index is 12.8. The molecule has 0 bridgehead atoms. The summed E-state index contributed by atoms with van der Waals surface area (Å²) >= 11 is 18.0. The summed E-state index contributed by atoms with van der Waals surface area (Å²) < 4.78 is 6.06. The van der Waals surface area contributed by atoms with Crippen LogP contribution in [-0.4, -0.2) is 11.0 Å². The minimum absolute atomic E-state index is 0.0174. The number of hydrogen-bond acceptors (Lipinski definition) is 3. The molecule has 1 amide bonds. The zero-order valence-electron chi connectivity index (χ0n) is 16.6. The third-order valence-electron chi connectivity index (χ3n) is 4.43. The van der Waals surface area contributed by atoms with Crippen LogP contribution < -0.4 is 10.1 Å². The molecule has 3 aromatic carbocycles. The molecular formula is C23H20Cl3NO3. The molecule has 156 valence electrons. The zero-order valence-corrected chi connectivity index (χ0v) is 18.9. The molecule has 0 spiro atoms. The summed E-state index contributed by atoms with van der Waals surface area (Å²) in [6, 6.07) is 13.6. The van der Waals surface area contributed by atoms with Crippen LogP contribution in [-0.2, 0) is 0 Å². The van der Waals surface area contributed by atoms with Crippen molar-refractivity contribution in [2.45, 2.75) is 26.7 Å². The van der Waals surface area contributed by atoms with E-state index in [0.717, 1.165) is 11.1 Å². The van der Waals surface area contributed by atoms with Crippen LogP contribution >= 0.6 is 34.8 Å². The van der Waals surface area contributed by atoms with Gasteiger partial charge in [-0.3, -0.25) is 4.79 Å². The molecule has 0 atom stereocenters. The number of carbonyl (C=O) groups excluding carboxylic acids is 1. The second-order valence-corrected chi connectivity index (χ2v) is 8.49. The Balaban J connectivity index is 1.94. The fourth-order valence-electron chi connectivity index (χ4n) is 2.91. The number of rotatable bonds is 5. The van der Waals surface area contributed by atoms with Gasteiger partial charge >= 0.3 is 0 Å². The zero-order chi connectivity index (χ0) is 22.0. The molecule has 7 heteroatoms. The van der Waals surface area contributed by atoms with Crippen LogP contribution in [0.15, 0.2) is 48.5 Å². The largest absolute Gasteiger partial charge is 0.506 e. The van der Waals surface area contributed by atoms with Gasteiger partial charge in [0.15, 0.2) is 5.75 Å². The van der Waals surface area contributed by atoms with E-state index < -0.39 is 5.91 Å². The summed E-state index contributed by atoms with van der Waals surface area (Å²) in [7, 11) is 0. The first kappa shape index (κ1) is 22.3. The van der Waals surface area contributed by atoms with E-state index in [4.69, 9.17) is 39.5 Å². The lowest BCUT2D eigenvalue weighted by Gasteiger charge is -2.15. The highest BCUT2D eigenvalue weighted by Crippen LogP contribution is 2.36. The van der Waals surface area contributed by atoms with E-state index in [1.54, 1.807) is 18.2 Å². The van der Waals surface area contributed by atoms with Gasteiger partial charge in [0.2, 0.25) is 0 Å². The Kier molecular flexibility index (Phi) is 6.81. The third-order valence-corrected chi connectivity index (χ3v) is 5.17. The van der Waals surface area contributed by atoms with Crippen LogP contribution in [0.5, 0.6) is 17.2 Å². The Morgan fingerprint density at radius 1 is 1.00 bits per heavy atom. The number of nitrogens with one attached hydrogen (secondary N) is 1. The van der Waals surface area contributed by atoms with Crippen LogP contribution in [0, 0.1) is 6.92 Å². The van der Waals surface area contributed by atoms with Crippen molar-refractivity contribution in [3.05, 3.63) is 80.3 Å². The van der Waals surface area contributed by atoms with Gasteiger partial charge in [0.25, 0.3) is 5.91 Å². The average Bonchev–Trinajstić information content (AvgIpc) is 2.66. The van der Waals surface area contributed by atoms with Gasteiger partial charge in [-0.15, -0.1) is 0 Å². The smallest absolute Gasteiger partial charge is 0.259 e. The quantitative estimate of drug-likeness (QED) is 0.404. The summed E-state index contributed by atoms with van der Waals surface area (Å²) in [4.78, 5) is 12.8. The van der Waals surface area contributed by atoms with E-state index in [9.17, 15) is 9.90 Å². The number of amides is 1. The Morgan fingerprint density at radius 2 is 1.73 bits per heavy atom. The van der Waals surface area contributed by atoms with E-state index in [-0.39, 0.29) is 21.4 Å². The lowest BCUT2D eigenvalue weighted by atomic mass is 10.0. The molecule has 0 aromatic heterocycles. The Labute approximate surface area is 190 Å². The molecule has 2 N–H and O–H groups in total. The van der Waals surface area contributed by atoms with Gasteiger partial charge in [0, 0.05) is 10.0 Å². The summed E-state index contributed by atoms with van der Waals surface area (Å²) in [6.45, 7) is 6.21. The Hall–Kier alpha value is -2.40. The van der Waals surface area contributed by atoms with Crippen molar-refractivity contribution in [3.8, 4) is 17.2 Å². The van der Waals surface area contributed by atoms with E-state index in [1.807, 2.05) is 19.1 Å². The molecule has 4 nitrogen and oxygen atoms in total. The van der Waals surface area contributed by atoms with Crippen LogP contribution in [0.1, 0.15) is 41.3 Å². The molecule has 0 saturated carbocycles. The van der Waals surface area contributed by atoms with E-state index in [1.165, 1.54) is 12.1 Å². The molecular weight excluding hydrogens is 445 g/mol. The van der Waals surface area contributed by atoms with Crippen molar-refractivity contribution in [1.29, 1.82) is 0 Å². The molecule has 0 unspecified atom stereocenters. The number of anilines is 1. The van der Waals surface area contributed by atoms with Crippen molar-refractivity contribution in [2.75, 3.05) is 5.32 Å². The Morgan fingerprint density at radius 3 is 2.43 bits per heavy atom. The molecule has 30 heavy (non-hydrogen) atoms. The number of phenolic OH excluding ortho intramolecular Hbond substituents is 1. The van der Waals surface area contributed by atoms with E-state index in [0.29, 0.717) is 28.1 Å². The number of hydrogen-bond donors (Lipinski definition) is 2. The number of carbonyl (C=O) groups is 1. The highest BCUT2D eigenvalue weighted by Gasteiger charge is 2.18. The number of halogens is 3. The van der Waals surface area contributed by atoms with Crippen LogP contribution in [0.4, 0.5) is 5.69 Å². The van der Waals surface area contributed by atoms with Crippen molar-refractivity contribution in [3.63, 3.8) is 0 Å². The van der Waals surface area contributed by atoms with Gasteiger partial charge in [-0.2, -0.15) is 0 Å². The lowest BCUT2D eigenvalue weighted by molar-refractivity contribution is 0.102. The fourth-order valence-corrected chi connectivity index (χ4v) is 3.58. The van der Waals surface area contributed by atoms with Gasteiger partial charge in [0.1, 0.15) is 11.5 Å². The molecule has 0 saturated heterocycles. The van der Waals surface area contributed by atoms with Gasteiger partial charge in [-0.1, -0.05) is 54.7 Å². The maximum atomic E-state index is 12.8. The van der Waals surface area contributed by atoms with Gasteiger partial charge < -0.3 is 15.2 Å². The minimum Gasteiger partial charge on any atom is -0.506 e. The molecule has 0 aliphatic carbocycles. The standard InChI is InChI=1S/C23H20Cl3NO3/c1-12(2)14-6-13(3)7-17(8-14)30-21-5-4-15(24)11-20(21)27-23(29)18-9-16(25)10-19(26)22(18)28/h4-12,28H,1-3H3,(H,27,29). The minimum atomic E-state index is -0.601. The van der Waals surface area contributed by atoms with Gasteiger partial charge in [-0.05, 0) is 66.4 Å². The van der Waals surface area contributed by atoms with Crippen molar-refractivity contribution >= 4 is 46.4 Å². The summed E-state index contributed by atoms with van der Waals surface area (Å²) in [5.74, 6) is 0.428. The predicted octanol–water partition coefficient (Wildman–Crippen LogP) is 7.83. The van der Waals surface area contributed by atoms with E-state index >= 15 is 0 Å². The molecule has 0 fully saturated rings. The maximum Gasteiger partial charge on any atom is 0.259 e. The number of benzene rings is 3. The normalized spacial score (nSPS) is 10.9. The lowest BCUT2D eigenvalue weighted by Crippen LogP contribution is -2.13. The molecule has 3 rings (SSSR count). The number of aryl methyl sites for hydroxylation is 1. The molecule has 3 aromatic rings. The van der Waals surface area contributed by atoms with Crippen LogP contribution in [0.25, 0.3) is 0 Å². The first-order valence-electron chi connectivity index (χ1n) is 9.22. The topological polar surface area (TPSA) is 58.6 Å². The van der Waals surface area contributed by atoms with E-state index in [2.05, 4.69) is 25.2 Å². The summed E-state index contributed by atoms with van der Waals surface area (Å²) in [6.07, 6.45) is 0. The molecule has 0 aliphatic rings. The average molecular weight is 465 g/mol. The van der Waals surface area contributed by atoms with Gasteiger partial charge in [0.05, 0.1) is 16.3 Å². The number of aromatic hydroxyl groups is 1. The SMILES string of the molecule is Cc1cc(Oc2ccc(Cl)cc2NC(=O)c2cc(Cl)cc(Cl)c2O)cc(C(C)C)c1. The van der Waals surface area contributed by atoms with Crippen LogP contribution in [0.2, 0.25) is 15.1 Å². The predicted molar refractivity (Wildman–Crippen MR) is 123 cm³/mol. The summed E-state index contributed by atoms with van der Waals surface area (Å²) in [5.41, 5.74) is 2.49. The highest BCUT2D eigenvalue weighted by molar-refractivity contribution is 6.36. The molecule has 0 aliphatic heterocycles. The second-order valence-electron chi connectivity index (χ2n) is 7.21. The first-order chi connectivity index (χ1) is 14.1. The Bertz CT molecular complexity index is 1110. The van der Waals surface area contributed by atoms with Crippen LogP contribution in [0.3, 0.4) is 0 Å². The first-order valence-corrected chi connectivity index (χ1v) is 10.4. The van der Waals surface area contributed by atoms with Crippen molar-refractivity contribution in [2.24, 2.45) is 0 Å². The fraction of sp³-hybridized carbons (Fsp3) is 0.174. The third kappa shape index (κ3) is 5.20. The summed E-state index contributed by atoms with van der Waals surface area (Å²) in [5, 5.41) is 13.5. The molecule has 0 radical (unpaired) electrons. The monoisotopic (exact) mass is 463 g/mol.